The molecule has 0 aliphatic rings. The van der Waals surface area contributed by atoms with Crippen LogP contribution in [0.25, 0.3) is 0 Å². The summed E-state index contributed by atoms with van der Waals surface area (Å²) >= 11 is 12.2. The Morgan fingerprint density at radius 3 is 2.62 bits per heavy atom. The summed E-state index contributed by atoms with van der Waals surface area (Å²) in [7, 11) is 0. The van der Waals surface area contributed by atoms with E-state index in [1.165, 1.54) is 12.1 Å². The molecule has 0 bridgehead atoms. The highest BCUT2D eigenvalue weighted by Crippen LogP contribution is 2.32. The van der Waals surface area contributed by atoms with E-state index in [0.717, 1.165) is 11.1 Å². The minimum absolute atomic E-state index is 0.233. The Balaban J connectivity index is 1.38. The fourth-order valence-corrected chi connectivity index (χ4v) is 3.40. The molecule has 162 valence electrons. The van der Waals surface area contributed by atoms with E-state index >= 15 is 0 Å². The Morgan fingerprint density at radius 1 is 1.03 bits per heavy atom. The van der Waals surface area contributed by atoms with Crippen molar-refractivity contribution in [3.8, 4) is 5.75 Å². The van der Waals surface area contributed by atoms with E-state index in [4.69, 9.17) is 27.9 Å². The molecule has 0 unspecified atom stereocenters. The summed E-state index contributed by atoms with van der Waals surface area (Å²) in [6, 6.07) is 18.5. The summed E-state index contributed by atoms with van der Waals surface area (Å²) < 4.78 is 20.4. The Labute approximate surface area is 194 Å². The number of aromatic nitrogens is 2. The fraction of sp³-hybridized carbons (Fsp3) is 0.0833. The first kappa shape index (κ1) is 21.9. The molecule has 0 spiro atoms. The van der Waals surface area contributed by atoms with Gasteiger partial charge < -0.3 is 10.1 Å². The van der Waals surface area contributed by atoms with Crippen LogP contribution in [0.2, 0.25) is 10.0 Å². The predicted molar refractivity (Wildman–Crippen MR) is 123 cm³/mol. The van der Waals surface area contributed by atoms with Gasteiger partial charge in [0.05, 0.1) is 23.5 Å². The van der Waals surface area contributed by atoms with Crippen LogP contribution in [0.15, 0.2) is 79.1 Å². The van der Waals surface area contributed by atoms with Crippen molar-refractivity contribution >= 4 is 34.8 Å². The summed E-state index contributed by atoms with van der Waals surface area (Å²) in [4.78, 5) is 12.7. The Morgan fingerprint density at radius 2 is 1.81 bits per heavy atom. The molecule has 1 heterocycles. The molecule has 32 heavy (non-hydrogen) atoms. The topological polar surface area (TPSA) is 56.2 Å². The van der Waals surface area contributed by atoms with E-state index in [1.807, 2.05) is 6.07 Å². The highest BCUT2D eigenvalue weighted by Gasteiger charge is 2.10. The summed E-state index contributed by atoms with van der Waals surface area (Å²) in [5.74, 6) is -0.0815. The average molecular weight is 470 g/mol. The first-order valence-electron chi connectivity index (χ1n) is 9.72. The summed E-state index contributed by atoms with van der Waals surface area (Å²) in [6.45, 7) is 0.700. The Bertz CT molecular complexity index is 1240. The molecule has 0 radical (unpaired) electrons. The van der Waals surface area contributed by atoms with Gasteiger partial charge in [-0.2, -0.15) is 5.10 Å². The second kappa shape index (κ2) is 9.85. The molecule has 5 nitrogen and oxygen atoms in total. The molecular weight excluding hydrogens is 452 g/mol. The second-order valence-corrected chi connectivity index (χ2v) is 7.83. The van der Waals surface area contributed by atoms with Crippen molar-refractivity contribution in [2.75, 3.05) is 5.32 Å². The lowest BCUT2D eigenvalue weighted by Crippen LogP contribution is -2.12. The van der Waals surface area contributed by atoms with Gasteiger partial charge in [-0.05, 0) is 47.5 Å². The molecule has 4 aromatic rings. The first-order chi connectivity index (χ1) is 15.5. The molecule has 8 heteroatoms. The van der Waals surface area contributed by atoms with Crippen LogP contribution in [0.1, 0.15) is 21.5 Å². The number of benzene rings is 3. The lowest BCUT2D eigenvalue weighted by molar-refractivity contribution is 0.102. The van der Waals surface area contributed by atoms with E-state index < -0.39 is 0 Å². The average Bonchev–Trinajstić information content (AvgIpc) is 3.23. The van der Waals surface area contributed by atoms with Crippen LogP contribution in [0.5, 0.6) is 5.75 Å². The fourth-order valence-electron chi connectivity index (χ4n) is 3.05. The van der Waals surface area contributed by atoms with Gasteiger partial charge in [0.25, 0.3) is 5.91 Å². The molecule has 0 saturated heterocycles. The standard InChI is InChI=1S/C24H18Cl2FN3O2/c25-21-5-2-6-22(23(21)26)32-15-17-3-1-4-18(11-17)24(31)29-20-12-28-30(14-20)13-16-7-9-19(27)10-8-16/h1-12,14H,13,15H2,(H,29,31). The zero-order valence-electron chi connectivity index (χ0n) is 16.8. The van der Waals surface area contributed by atoms with Gasteiger partial charge >= 0.3 is 0 Å². The minimum Gasteiger partial charge on any atom is -0.487 e. The maximum absolute atomic E-state index is 13.0. The van der Waals surface area contributed by atoms with Gasteiger partial charge in [-0.1, -0.05) is 53.5 Å². The number of ether oxygens (including phenoxy) is 1. The van der Waals surface area contributed by atoms with Crippen molar-refractivity contribution in [2.24, 2.45) is 0 Å². The normalized spacial score (nSPS) is 10.7. The second-order valence-electron chi connectivity index (χ2n) is 7.05. The number of rotatable bonds is 7. The van der Waals surface area contributed by atoms with Crippen LogP contribution in [-0.4, -0.2) is 15.7 Å². The molecule has 0 fully saturated rings. The molecule has 1 N–H and O–H groups in total. The highest BCUT2D eigenvalue weighted by molar-refractivity contribution is 6.42. The highest BCUT2D eigenvalue weighted by atomic mass is 35.5. The molecule has 1 amide bonds. The van der Waals surface area contributed by atoms with Crippen molar-refractivity contribution in [2.45, 2.75) is 13.2 Å². The van der Waals surface area contributed by atoms with Crippen LogP contribution < -0.4 is 10.1 Å². The van der Waals surface area contributed by atoms with Crippen LogP contribution in [0.4, 0.5) is 10.1 Å². The number of hydrogen-bond acceptors (Lipinski definition) is 3. The lowest BCUT2D eigenvalue weighted by Gasteiger charge is -2.10. The van der Waals surface area contributed by atoms with Crippen LogP contribution in [0, 0.1) is 5.82 Å². The van der Waals surface area contributed by atoms with Crippen molar-refractivity contribution in [3.63, 3.8) is 0 Å². The lowest BCUT2D eigenvalue weighted by atomic mass is 10.1. The van der Waals surface area contributed by atoms with Gasteiger partial charge in [0.1, 0.15) is 23.2 Å². The van der Waals surface area contributed by atoms with E-state index in [-0.39, 0.29) is 18.3 Å². The van der Waals surface area contributed by atoms with Gasteiger partial charge in [0.2, 0.25) is 0 Å². The van der Waals surface area contributed by atoms with E-state index in [2.05, 4.69) is 10.4 Å². The third-order valence-corrected chi connectivity index (χ3v) is 5.45. The molecule has 3 aromatic carbocycles. The van der Waals surface area contributed by atoms with Gasteiger partial charge in [-0.3, -0.25) is 9.48 Å². The summed E-state index contributed by atoms with van der Waals surface area (Å²) in [5, 5.41) is 7.83. The summed E-state index contributed by atoms with van der Waals surface area (Å²) in [5.41, 5.74) is 2.75. The minimum atomic E-state index is -0.287. The molecule has 1 aromatic heterocycles. The molecular formula is C24H18Cl2FN3O2. The van der Waals surface area contributed by atoms with Crippen molar-refractivity contribution < 1.29 is 13.9 Å². The molecule has 0 atom stereocenters. The van der Waals surface area contributed by atoms with Crippen LogP contribution in [-0.2, 0) is 13.2 Å². The van der Waals surface area contributed by atoms with Crippen molar-refractivity contribution in [3.05, 3.63) is 112 Å². The third kappa shape index (κ3) is 5.46. The van der Waals surface area contributed by atoms with E-state index in [9.17, 15) is 9.18 Å². The summed E-state index contributed by atoms with van der Waals surface area (Å²) in [6.07, 6.45) is 3.28. The van der Waals surface area contributed by atoms with Crippen LogP contribution >= 0.6 is 23.2 Å². The number of nitrogens with one attached hydrogen (secondary N) is 1. The molecule has 0 saturated carbocycles. The van der Waals surface area contributed by atoms with Gasteiger partial charge in [0.15, 0.2) is 0 Å². The predicted octanol–water partition coefficient (Wildman–Crippen LogP) is 6.21. The van der Waals surface area contributed by atoms with Gasteiger partial charge in [-0.15, -0.1) is 0 Å². The maximum Gasteiger partial charge on any atom is 0.255 e. The van der Waals surface area contributed by atoms with Gasteiger partial charge in [-0.25, -0.2) is 4.39 Å². The number of nitrogens with zero attached hydrogens (tertiary/aromatic N) is 2. The number of carbonyl (C=O) groups is 1. The van der Waals surface area contributed by atoms with Crippen molar-refractivity contribution in [1.82, 2.24) is 9.78 Å². The SMILES string of the molecule is O=C(Nc1cnn(Cc2ccc(F)cc2)c1)c1cccc(COc2cccc(Cl)c2Cl)c1. The van der Waals surface area contributed by atoms with Gasteiger partial charge in [0, 0.05) is 11.8 Å². The number of amides is 1. The zero-order valence-corrected chi connectivity index (χ0v) is 18.3. The van der Waals surface area contributed by atoms with E-state index in [0.29, 0.717) is 33.6 Å². The van der Waals surface area contributed by atoms with Crippen molar-refractivity contribution in [1.29, 1.82) is 0 Å². The molecule has 0 aliphatic carbocycles. The molecule has 0 aliphatic heterocycles. The monoisotopic (exact) mass is 469 g/mol. The van der Waals surface area contributed by atoms with Crippen LogP contribution in [0.3, 0.4) is 0 Å². The maximum atomic E-state index is 13.0. The zero-order chi connectivity index (χ0) is 22.5. The Kier molecular flexibility index (Phi) is 6.73. The Hall–Kier alpha value is -3.35. The largest absolute Gasteiger partial charge is 0.487 e. The third-order valence-electron chi connectivity index (χ3n) is 4.65. The number of carbonyl (C=O) groups excluding carboxylic acids is 1. The smallest absolute Gasteiger partial charge is 0.255 e. The first-order valence-corrected chi connectivity index (χ1v) is 10.5. The number of hydrogen-bond donors (Lipinski definition) is 1. The van der Waals surface area contributed by atoms with E-state index in [1.54, 1.807) is 65.6 Å². The molecule has 4 rings (SSSR count). The number of anilines is 1. The number of halogens is 3. The quantitative estimate of drug-likeness (QED) is 0.350.